The van der Waals surface area contributed by atoms with E-state index < -0.39 is 0 Å². The van der Waals surface area contributed by atoms with Gasteiger partial charge in [-0.1, -0.05) is 23.8 Å². The molecule has 0 heterocycles. The summed E-state index contributed by atoms with van der Waals surface area (Å²) in [5.41, 5.74) is 1.44. The van der Waals surface area contributed by atoms with E-state index in [4.69, 9.17) is 23.4 Å². The van der Waals surface area contributed by atoms with Crippen LogP contribution < -0.4 is 0 Å². The molecule has 0 unspecified atom stereocenters. The first-order chi connectivity index (χ1) is 4.31. The van der Waals surface area contributed by atoms with Crippen LogP contribution in [0, 0.1) is 0 Å². The Morgan fingerprint density at radius 1 is 1.44 bits per heavy atom. The van der Waals surface area contributed by atoms with E-state index in [1.165, 1.54) is 5.54 Å². The van der Waals surface area contributed by atoms with Crippen molar-refractivity contribution >= 4 is 23.4 Å². The quantitative estimate of drug-likeness (QED) is 0.457. The summed E-state index contributed by atoms with van der Waals surface area (Å²) in [6.45, 7) is 4.84. The zero-order valence-corrected chi connectivity index (χ0v) is 6.57. The second kappa shape index (κ2) is 6.14. The first-order valence-electron chi connectivity index (χ1n) is 2.58. The molecular formula is C6H9Cl2N. The second-order valence-electron chi connectivity index (χ2n) is 1.48. The Morgan fingerprint density at radius 2 is 2.11 bits per heavy atom. The maximum atomic E-state index is 5.61. The van der Waals surface area contributed by atoms with Crippen molar-refractivity contribution in [3.05, 3.63) is 24.3 Å². The Kier molecular flexibility index (Phi) is 6.16. The molecule has 0 fully saturated rings. The van der Waals surface area contributed by atoms with Gasteiger partial charge < -0.3 is 0 Å². The molecule has 0 atom stereocenters. The topological polar surface area (TPSA) is 3.24 Å². The van der Waals surface area contributed by atoms with Crippen LogP contribution in [0.1, 0.15) is 0 Å². The number of nitrogens with zero attached hydrogens (tertiary/aromatic N) is 1. The minimum atomic E-state index is 0.650. The number of rotatable bonds is 4. The predicted octanol–water partition coefficient (Wildman–Crippen LogP) is 2.38. The predicted molar refractivity (Wildman–Crippen MR) is 42.6 cm³/mol. The first-order valence-corrected chi connectivity index (χ1v) is 3.35. The van der Waals surface area contributed by atoms with Crippen molar-refractivity contribution < 1.29 is 0 Å². The van der Waals surface area contributed by atoms with Crippen LogP contribution in [0.25, 0.3) is 0 Å². The van der Waals surface area contributed by atoms with Crippen molar-refractivity contribution in [2.24, 2.45) is 0 Å². The zero-order chi connectivity index (χ0) is 7.11. The minimum absolute atomic E-state index is 0.650. The highest BCUT2D eigenvalue weighted by molar-refractivity contribution is 6.25. The van der Waals surface area contributed by atoms with E-state index in [2.05, 4.69) is 6.58 Å². The third-order valence-corrected chi connectivity index (χ3v) is 1.17. The van der Waals surface area contributed by atoms with Crippen LogP contribution in [-0.4, -0.2) is 17.5 Å². The van der Waals surface area contributed by atoms with E-state index in [0.29, 0.717) is 13.1 Å². The van der Waals surface area contributed by atoms with E-state index in [9.17, 15) is 0 Å². The molecule has 3 heteroatoms. The first kappa shape index (κ1) is 9.02. The van der Waals surface area contributed by atoms with Crippen molar-refractivity contribution in [1.82, 2.24) is 4.42 Å². The van der Waals surface area contributed by atoms with Crippen LogP contribution in [0.5, 0.6) is 0 Å². The van der Waals surface area contributed by atoms with Crippen LogP contribution in [0.3, 0.4) is 0 Å². The van der Waals surface area contributed by atoms with Crippen LogP contribution in [-0.2, 0) is 0 Å². The average molecular weight is 166 g/mol. The van der Waals surface area contributed by atoms with Crippen molar-refractivity contribution in [2.75, 3.05) is 13.1 Å². The fraction of sp³-hybridized carbons (Fsp3) is 0.333. The maximum absolute atomic E-state index is 5.61. The van der Waals surface area contributed by atoms with E-state index in [-0.39, 0.29) is 0 Å². The van der Waals surface area contributed by atoms with E-state index in [1.807, 2.05) is 0 Å². The van der Waals surface area contributed by atoms with Crippen LogP contribution in [0.4, 0.5) is 0 Å². The monoisotopic (exact) mass is 165 g/mol. The summed E-state index contributed by atoms with van der Waals surface area (Å²) in [7, 11) is 0. The molecule has 0 radical (unpaired) electrons. The molecule has 1 nitrogen and oxygen atoms in total. The molecule has 0 aromatic rings. The Balaban J connectivity index is 3.25. The Morgan fingerprint density at radius 3 is 2.56 bits per heavy atom. The number of hydrogen-bond acceptors (Lipinski definition) is 1. The van der Waals surface area contributed by atoms with Gasteiger partial charge in [-0.05, 0) is 11.8 Å². The highest BCUT2D eigenvalue weighted by atomic mass is 35.5. The Labute approximate surface area is 65.7 Å². The molecule has 0 bridgehead atoms. The van der Waals surface area contributed by atoms with Gasteiger partial charge in [-0.2, -0.15) is 0 Å². The van der Waals surface area contributed by atoms with E-state index in [0.717, 1.165) is 0 Å². The second-order valence-corrected chi connectivity index (χ2v) is 2.21. The fourth-order valence-corrected chi connectivity index (χ4v) is 0.626. The molecule has 0 rings (SSSR count). The van der Waals surface area contributed by atoms with Gasteiger partial charge >= 0.3 is 0 Å². The van der Waals surface area contributed by atoms with Crippen molar-refractivity contribution in [1.29, 1.82) is 0 Å². The Bertz CT molecular complexity index is 101. The summed E-state index contributed by atoms with van der Waals surface area (Å²) in [5, 5.41) is 0. The van der Waals surface area contributed by atoms with Gasteiger partial charge in [0.2, 0.25) is 0 Å². The highest BCUT2D eigenvalue weighted by Gasteiger charge is 1.90. The lowest BCUT2D eigenvalue weighted by molar-refractivity contribution is 0.560. The Hall–Kier alpha value is 0.0200. The molecule has 0 aliphatic carbocycles. The zero-order valence-electron chi connectivity index (χ0n) is 5.06. The van der Waals surface area contributed by atoms with E-state index in [1.54, 1.807) is 16.6 Å². The largest absolute Gasteiger partial charge is 0.213 e. The van der Waals surface area contributed by atoms with Crippen LogP contribution in [0.2, 0.25) is 0 Å². The third-order valence-electron chi connectivity index (χ3n) is 0.720. The summed E-state index contributed by atoms with van der Waals surface area (Å²) in [6.07, 6.45) is 3.49. The summed E-state index contributed by atoms with van der Waals surface area (Å²) in [6, 6.07) is 0. The average Bonchev–Trinajstić information content (AvgIpc) is 1.85. The van der Waals surface area contributed by atoms with Crippen LogP contribution >= 0.6 is 23.4 Å². The molecule has 52 valence electrons. The van der Waals surface area contributed by atoms with Gasteiger partial charge in [0.15, 0.2) is 0 Å². The minimum Gasteiger partial charge on any atom is -0.213 e. The van der Waals surface area contributed by atoms with Gasteiger partial charge in [-0.25, -0.2) is 4.42 Å². The van der Waals surface area contributed by atoms with Gasteiger partial charge in [0.05, 0.1) is 0 Å². The van der Waals surface area contributed by atoms with Gasteiger partial charge in [0.25, 0.3) is 0 Å². The highest BCUT2D eigenvalue weighted by Crippen LogP contribution is 1.93. The van der Waals surface area contributed by atoms with Crippen LogP contribution in [0.15, 0.2) is 24.3 Å². The molecule has 9 heavy (non-hydrogen) atoms. The molecular weight excluding hydrogens is 157 g/mol. The molecule has 0 aliphatic heterocycles. The standard InChI is InChI=1S/C6H9Cl2N/c1-2-5-9(8)6-3-4-7/h2-4H,1,5-6H2. The molecule has 0 aromatic carbocycles. The van der Waals surface area contributed by atoms with Crippen molar-refractivity contribution in [3.8, 4) is 0 Å². The smallest absolute Gasteiger partial charge is 0.0334 e. The molecule has 0 amide bonds. The molecule has 0 saturated carbocycles. The summed E-state index contributed by atoms with van der Waals surface area (Å²) >= 11 is 10.9. The number of halogens is 2. The lowest BCUT2D eigenvalue weighted by Crippen LogP contribution is -2.10. The molecule has 0 saturated heterocycles. The lowest BCUT2D eigenvalue weighted by atomic mass is 10.5. The summed E-state index contributed by atoms with van der Waals surface area (Å²) < 4.78 is 1.58. The molecule has 0 N–H and O–H groups in total. The molecule has 0 aromatic heterocycles. The van der Waals surface area contributed by atoms with Crippen molar-refractivity contribution in [2.45, 2.75) is 0 Å². The van der Waals surface area contributed by atoms with E-state index >= 15 is 0 Å². The molecule has 0 aliphatic rings. The van der Waals surface area contributed by atoms with Gasteiger partial charge in [0, 0.05) is 18.6 Å². The summed E-state index contributed by atoms with van der Waals surface area (Å²) in [4.78, 5) is 0. The van der Waals surface area contributed by atoms with Gasteiger partial charge in [0.1, 0.15) is 0 Å². The normalized spacial score (nSPS) is 11.0. The van der Waals surface area contributed by atoms with Gasteiger partial charge in [-0.3, -0.25) is 0 Å². The SMILES string of the molecule is C=CCN(Cl)CC=CCl. The summed E-state index contributed by atoms with van der Waals surface area (Å²) in [5.74, 6) is 0. The van der Waals surface area contributed by atoms with Crippen molar-refractivity contribution in [3.63, 3.8) is 0 Å². The third kappa shape index (κ3) is 5.90. The number of hydrogen-bond donors (Lipinski definition) is 0. The molecule has 0 spiro atoms. The maximum Gasteiger partial charge on any atom is 0.0334 e. The lowest BCUT2D eigenvalue weighted by Gasteiger charge is -2.05. The fourth-order valence-electron chi connectivity index (χ4n) is 0.369. The van der Waals surface area contributed by atoms with Gasteiger partial charge in [-0.15, -0.1) is 6.58 Å².